The Bertz CT molecular complexity index is 390. The minimum atomic E-state index is -0.139. The van der Waals surface area contributed by atoms with Crippen molar-refractivity contribution in [2.24, 2.45) is 11.8 Å². The van der Waals surface area contributed by atoms with E-state index < -0.39 is 0 Å². The van der Waals surface area contributed by atoms with Gasteiger partial charge in [-0.05, 0) is 25.2 Å². The van der Waals surface area contributed by atoms with Gasteiger partial charge in [-0.1, -0.05) is 6.92 Å². The maximum absolute atomic E-state index is 11.7. The maximum Gasteiger partial charge on any atom is 0.271 e. The molecule has 0 radical (unpaired) electrons. The largest absolute Gasteiger partial charge is 0.369 e. The summed E-state index contributed by atoms with van der Waals surface area (Å²) in [5.74, 6) is 1.95. The second kappa shape index (κ2) is 5.12. The molecule has 2 unspecified atom stereocenters. The van der Waals surface area contributed by atoms with Gasteiger partial charge in [-0.3, -0.25) is 4.79 Å². The molecule has 0 spiro atoms. The van der Waals surface area contributed by atoms with Crippen LogP contribution in [0.15, 0.2) is 12.4 Å². The van der Waals surface area contributed by atoms with Crippen LogP contribution in [0.1, 0.15) is 30.8 Å². The van der Waals surface area contributed by atoms with E-state index in [1.807, 2.05) is 6.92 Å². The van der Waals surface area contributed by atoms with Crippen LogP contribution in [-0.4, -0.2) is 29.0 Å². The molecule has 5 heteroatoms. The number of amides is 1. The number of hydrogen-bond donors (Lipinski definition) is 2. The third-order valence-electron chi connectivity index (χ3n) is 3.04. The van der Waals surface area contributed by atoms with Gasteiger partial charge < -0.3 is 10.6 Å². The Morgan fingerprint density at radius 2 is 2.24 bits per heavy atom. The second-order valence-corrected chi connectivity index (χ2v) is 4.50. The van der Waals surface area contributed by atoms with Crippen molar-refractivity contribution in [1.82, 2.24) is 15.3 Å². The van der Waals surface area contributed by atoms with Gasteiger partial charge in [0.05, 0.1) is 12.4 Å². The van der Waals surface area contributed by atoms with E-state index >= 15 is 0 Å². The van der Waals surface area contributed by atoms with Gasteiger partial charge in [0.15, 0.2) is 0 Å². The van der Waals surface area contributed by atoms with Gasteiger partial charge in [0.1, 0.15) is 11.5 Å². The topological polar surface area (TPSA) is 66.9 Å². The fourth-order valence-electron chi connectivity index (χ4n) is 1.72. The molecule has 1 saturated carbocycles. The smallest absolute Gasteiger partial charge is 0.271 e. The predicted molar refractivity (Wildman–Crippen MR) is 65.8 cm³/mol. The molecule has 1 fully saturated rings. The standard InChI is InChI=1S/C12H18N4O/c1-3-13-11-7-14-10(6-15-11)12(17)16-5-9-4-8(9)2/h6-9H,3-5H2,1-2H3,(H,13,15)(H,16,17). The highest BCUT2D eigenvalue weighted by Crippen LogP contribution is 2.36. The number of rotatable bonds is 5. The predicted octanol–water partition coefficient (Wildman–Crippen LogP) is 1.29. The molecule has 1 heterocycles. The molecule has 92 valence electrons. The summed E-state index contributed by atoms with van der Waals surface area (Å²) >= 11 is 0. The average molecular weight is 234 g/mol. The summed E-state index contributed by atoms with van der Waals surface area (Å²) in [6.45, 7) is 5.72. The zero-order valence-corrected chi connectivity index (χ0v) is 10.2. The summed E-state index contributed by atoms with van der Waals surface area (Å²) in [6, 6.07) is 0. The Morgan fingerprint density at radius 3 is 2.76 bits per heavy atom. The van der Waals surface area contributed by atoms with Crippen molar-refractivity contribution in [3.8, 4) is 0 Å². The molecule has 0 bridgehead atoms. The van der Waals surface area contributed by atoms with Gasteiger partial charge in [-0.2, -0.15) is 0 Å². The highest BCUT2D eigenvalue weighted by molar-refractivity contribution is 5.92. The highest BCUT2D eigenvalue weighted by Gasteiger charge is 2.32. The molecule has 1 aliphatic rings. The van der Waals surface area contributed by atoms with Crippen LogP contribution in [0.2, 0.25) is 0 Å². The lowest BCUT2D eigenvalue weighted by Gasteiger charge is -2.04. The molecule has 0 aromatic carbocycles. The van der Waals surface area contributed by atoms with Crippen molar-refractivity contribution >= 4 is 11.7 Å². The first kappa shape index (κ1) is 11.8. The summed E-state index contributed by atoms with van der Waals surface area (Å²) in [5, 5.41) is 5.92. The lowest BCUT2D eigenvalue weighted by molar-refractivity contribution is 0.0946. The first-order chi connectivity index (χ1) is 8.20. The molecular weight excluding hydrogens is 216 g/mol. The van der Waals surface area contributed by atoms with Crippen molar-refractivity contribution in [2.45, 2.75) is 20.3 Å². The molecule has 2 N–H and O–H groups in total. The number of aromatic nitrogens is 2. The molecule has 1 aliphatic carbocycles. The van der Waals surface area contributed by atoms with E-state index in [4.69, 9.17) is 0 Å². The lowest BCUT2D eigenvalue weighted by atomic mass is 10.3. The number of hydrogen-bond acceptors (Lipinski definition) is 4. The Hall–Kier alpha value is -1.65. The fraction of sp³-hybridized carbons (Fsp3) is 0.583. The number of carbonyl (C=O) groups is 1. The summed E-state index contributed by atoms with van der Waals surface area (Å²) in [4.78, 5) is 19.9. The van der Waals surface area contributed by atoms with Gasteiger partial charge in [0.25, 0.3) is 5.91 Å². The zero-order chi connectivity index (χ0) is 12.3. The van der Waals surface area contributed by atoms with Crippen LogP contribution in [0.3, 0.4) is 0 Å². The normalized spacial score (nSPS) is 22.0. The van der Waals surface area contributed by atoms with Crippen LogP contribution in [0, 0.1) is 11.8 Å². The molecule has 1 amide bonds. The van der Waals surface area contributed by atoms with Crippen LogP contribution < -0.4 is 10.6 Å². The van der Waals surface area contributed by atoms with Crippen LogP contribution in [-0.2, 0) is 0 Å². The molecule has 1 aromatic heterocycles. The molecule has 2 atom stereocenters. The molecule has 0 aliphatic heterocycles. The van der Waals surface area contributed by atoms with Gasteiger partial charge >= 0.3 is 0 Å². The minimum absolute atomic E-state index is 0.139. The summed E-state index contributed by atoms with van der Waals surface area (Å²) in [7, 11) is 0. The van der Waals surface area contributed by atoms with Gasteiger partial charge in [-0.25, -0.2) is 9.97 Å². The molecule has 0 saturated heterocycles. The van der Waals surface area contributed by atoms with E-state index in [9.17, 15) is 4.79 Å². The highest BCUT2D eigenvalue weighted by atomic mass is 16.1. The van der Waals surface area contributed by atoms with E-state index in [1.165, 1.54) is 12.6 Å². The summed E-state index contributed by atoms with van der Waals surface area (Å²) < 4.78 is 0. The van der Waals surface area contributed by atoms with E-state index in [0.717, 1.165) is 19.0 Å². The first-order valence-corrected chi connectivity index (χ1v) is 6.04. The fourth-order valence-corrected chi connectivity index (χ4v) is 1.72. The maximum atomic E-state index is 11.7. The first-order valence-electron chi connectivity index (χ1n) is 6.04. The number of nitrogens with one attached hydrogen (secondary N) is 2. The number of nitrogens with zero attached hydrogens (tertiary/aromatic N) is 2. The Labute approximate surface area is 101 Å². The van der Waals surface area contributed by atoms with Gasteiger partial charge in [0.2, 0.25) is 0 Å². The lowest BCUT2D eigenvalue weighted by Crippen LogP contribution is -2.26. The van der Waals surface area contributed by atoms with E-state index in [0.29, 0.717) is 17.4 Å². The Balaban J connectivity index is 1.85. The summed E-state index contributed by atoms with van der Waals surface area (Å²) in [6.07, 6.45) is 4.30. The van der Waals surface area contributed by atoms with Crippen molar-refractivity contribution in [1.29, 1.82) is 0 Å². The van der Waals surface area contributed by atoms with Crippen LogP contribution in [0.4, 0.5) is 5.82 Å². The van der Waals surface area contributed by atoms with Crippen molar-refractivity contribution in [3.63, 3.8) is 0 Å². The molecule has 2 rings (SSSR count). The summed E-state index contributed by atoms with van der Waals surface area (Å²) in [5.41, 5.74) is 0.375. The SMILES string of the molecule is CCNc1cnc(C(=O)NCC2CC2C)cn1. The molecular formula is C12H18N4O. The molecule has 5 nitrogen and oxygen atoms in total. The molecule has 1 aromatic rings. The van der Waals surface area contributed by atoms with Gasteiger partial charge in [0, 0.05) is 13.1 Å². The number of carbonyl (C=O) groups excluding carboxylic acids is 1. The van der Waals surface area contributed by atoms with Crippen molar-refractivity contribution in [2.75, 3.05) is 18.4 Å². The van der Waals surface area contributed by atoms with Crippen LogP contribution in [0.25, 0.3) is 0 Å². The third-order valence-corrected chi connectivity index (χ3v) is 3.04. The average Bonchev–Trinajstić information content (AvgIpc) is 3.04. The van der Waals surface area contributed by atoms with Crippen LogP contribution >= 0.6 is 0 Å². The number of anilines is 1. The van der Waals surface area contributed by atoms with E-state index in [-0.39, 0.29) is 5.91 Å². The van der Waals surface area contributed by atoms with Crippen molar-refractivity contribution in [3.05, 3.63) is 18.1 Å². The third kappa shape index (κ3) is 3.15. The van der Waals surface area contributed by atoms with Crippen molar-refractivity contribution < 1.29 is 4.79 Å². The Kier molecular flexibility index (Phi) is 3.56. The Morgan fingerprint density at radius 1 is 1.47 bits per heavy atom. The quantitative estimate of drug-likeness (QED) is 0.805. The van der Waals surface area contributed by atoms with Gasteiger partial charge in [-0.15, -0.1) is 0 Å². The van der Waals surface area contributed by atoms with E-state index in [2.05, 4.69) is 27.5 Å². The zero-order valence-electron chi connectivity index (χ0n) is 10.2. The second-order valence-electron chi connectivity index (χ2n) is 4.50. The monoisotopic (exact) mass is 234 g/mol. The van der Waals surface area contributed by atoms with Crippen LogP contribution in [0.5, 0.6) is 0 Å². The van der Waals surface area contributed by atoms with E-state index in [1.54, 1.807) is 6.20 Å². The minimum Gasteiger partial charge on any atom is -0.369 e. The molecule has 17 heavy (non-hydrogen) atoms.